The van der Waals surface area contributed by atoms with Crippen LogP contribution in [0.2, 0.25) is 0 Å². The first-order valence-electron chi connectivity index (χ1n) is 13.0. The van der Waals surface area contributed by atoms with Gasteiger partial charge in [-0.2, -0.15) is 0 Å². The van der Waals surface area contributed by atoms with Crippen molar-refractivity contribution in [2.45, 2.75) is 96.9 Å². The predicted octanol–water partition coefficient (Wildman–Crippen LogP) is 2.56. The van der Waals surface area contributed by atoms with Crippen LogP contribution >= 0.6 is 0 Å². The molecule has 0 spiro atoms. The van der Waals surface area contributed by atoms with Crippen LogP contribution in [0.4, 0.5) is 0 Å². The molecule has 4 saturated carbocycles. The van der Waals surface area contributed by atoms with Crippen LogP contribution in [0.15, 0.2) is 0 Å². The standard InChI is InChI=1S/C26H43NO6/c1-14(4-7-22(31)27-13-23(32)33)17-5-6-18-24-19(12-21(30)26(17,18)3)25(2)9-8-16(28)10-15(25)11-20(24)29/h14-21,24,28-30H,4-13H2,1-3H3,(H,27,31)(H,32,33)/t14-,15-,16+,17+,18+,19+,20-,21-,24+,25+,26-/m1/s1. The number of aliphatic hydroxyl groups excluding tert-OH is 3. The van der Waals surface area contributed by atoms with Crippen molar-refractivity contribution < 1.29 is 30.0 Å². The second-order valence-corrected chi connectivity index (χ2v) is 12.2. The Bertz CT molecular complexity index is 759. The molecule has 5 N–H and O–H groups in total. The van der Waals surface area contributed by atoms with Crippen molar-refractivity contribution >= 4 is 11.9 Å². The number of aliphatic carboxylic acids is 1. The number of nitrogens with one attached hydrogen (secondary N) is 1. The number of fused-ring (bicyclic) bond motifs is 5. The number of amides is 1. The minimum absolute atomic E-state index is 0.0668. The van der Waals surface area contributed by atoms with Gasteiger partial charge in [-0.25, -0.2) is 0 Å². The number of hydrogen-bond donors (Lipinski definition) is 5. The lowest BCUT2D eigenvalue weighted by Gasteiger charge is -2.63. The van der Waals surface area contributed by atoms with Crippen LogP contribution in [0.3, 0.4) is 0 Å². The maximum Gasteiger partial charge on any atom is 0.322 e. The van der Waals surface area contributed by atoms with Crippen LogP contribution in [-0.4, -0.2) is 57.2 Å². The molecule has 188 valence electrons. The molecule has 0 saturated heterocycles. The van der Waals surface area contributed by atoms with E-state index < -0.39 is 12.1 Å². The topological polar surface area (TPSA) is 127 Å². The van der Waals surface area contributed by atoms with Crippen LogP contribution in [0.1, 0.15) is 78.6 Å². The maximum atomic E-state index is 12.0. The summed E-state index contributed by atoms with van der Waals surface area (Å²) in [6, 6.07) is 0. The van der Waals surface area contributed by atoms with E-state index in [-0.39, 0.29) is 65.1 Å². The number of carboxylic acids is 1. The summed E-state index contributed by atoms with van der Waals surface area (Å²) in [5.74, 6) is 0.265. The van der Waals surface area contributed by atoms with Crippen LogP contribution < -0.4 is 5.32 Å². The molecule has 7 heteroatoms. The van der Waals surface area contributed by atoms with Gasteiger partial charge in [-0.1, -0.05) is 20.8 Å². The Hall–Kier alpha value is -1.18. The molecule has 4 aliphatic carbocycles. The Kier molecular flexibility index (Phi) is 6.89. The molecule has 0 aromatic rings. The van der Waals surface area contributed by atoms with Gasteiger partial charge in [-0.3, -0.25) is 9.59 Å². The van der Waals surface area contributed by atoms with Gasteiger partial charge in [0.25, 0.3) is 0 Å². The van der Waals surface area contributed by atoms with Crippen molar-refractivity contribution in [2.75, 3.05) is 6.54 Å². The van der Waals surface area contributed by atoms with Crippen molar-refractivity contribution in [2.24, 2.45) is 46.3 Å². The summed E-state index contributed by atoms with van der Waals surface area (Å²) >= 11 is 0. The van der Waals surface area contributed by atoms with E-state index in [4.69, 9.17) is 5.11 Å². The van der Waals surface area contributed by atoms with E-state index in [0.717, 1.165) is 38.5 Å². The van der Waals surface area contributed by atoms with Gasteiger partial charge in [-0.15, -0.1) is 0 Å². The third-order valence-corrected chi connectivity index (χ3v) is 10.8. The molecular formula is C26H43NO6. The molecule has 7 nitrogen and oxygen atoms in total. The summed E-state index contributed by atoms with van der Waals surface area (Å²) in [6.45, 7) is 6.35. The zero-order valence-electron chi connectivity index (χ0n) is 20.4. The Morgan fingerprint density at radius 1 is 1.03 bits per heavy atom. The molecule has 0 bridgehead atoms. The minimum Gasteiger partial charge on any atom is -0.480 e. The van der Waals surface area contributed by atoms with Crippen molar-refractivity contribution in [3.05, 3.63) is 0 Å². The average molecular weight is 466 g/mol. The molecule has 0 aromatic heterocycles. The second kappa shape index (κ2) is 9.12. The summed E-state index contributed by atoms with van der Waals surface area (Å²) in [7, 11) is 0. The smallest absolute Gasteiger partial charge is 0.322 e. The van der Waals surface area contributed by atoms with Crippen molar-refractivity contribution in [1.29, 1.82) is 0 Å². The Morgan fingerprint density at radius 2 is 1.76 bits per heavy atom. The maximum absolute atomic E-state index is 12.0. The molecule has 4 aliphatic rings. The summed E-state index contributed by atoms with van der Waals surface area (Å²) in [6.07, 6.45) is 5.86. The number of carbonyl (C=O) groups excluding carboxylic acids is 1. The lowest BCUT2D eigenvalue weighted by atomic mass is 9.43. The average Bonchev–Trinajstić information content (AvgIpc) is 3.11. The van der Waals surface area contributed by atoms with Crippen LogP contribution in [0.25, 0.3) is 0 Å². The van der Waals surface area contributed by atoms with Crippen LogP contribution in [-0.2, 0) is 9.59 Å². The quantitative estimate of drug-likeness (QED) is 0.410. The van der Waals surface area contributed by atoms with Crippen molar-refractivity contribution in [3.8, 4) is 0 Å². The highest BCUT2D eigenvalue weighted by molar-refractivity contribution is 5.81. The van der Waals surface area contributed by atoms with E-state index in [2.05, 4.69) is 26.1 Å². The van der Waals surface area contributed by atoms with E-state index in [9.17, 15) is 24.9 Å². The van der Waals surface area contributed by atoms with Gasteiger partial charge in [0.1, 0.15) is 6.54 Å². The van der Waals surface area contributed by atoms with Gasteiger partial charge in [0.2, 0.25) is 5.91 Å². The zero-order valence-corrected chi connectivity index (χ0v) is 20.4. The molecule has 0 radical (unpaired) electrons. The summed E-state index contributed by atoms with van der Waals surface area (Å²) in [5, 5.41) is 44.4. The summed E-state index contributed by atoms with van der Waals surface area (Å²) in [5.41, 5.74) is -0.214. The number of rotatable bonds is 6. The molecule has 0 unspecified atom stereocenters. The predicted molar refractivity (Wildman–Crippen MR) is 123 cm³/mol. The van der Waals surface area contributed by atoms with E-state index in [0.29, 0.717) is 25.2 Å². The molecule has 4 fully saturated rings. The van der Waals surface area contributed by atoms with Gasteiger partial charge in [0, 0.05) is 6.42 Å². The van der Waals surface area contributed by atoms with Crippen molar-refractivity contribution in [1.82, 2.24) is 5.32 Å². The lowest BCUT2D eigenvalue weighted by Crippen LogP contribution is -2.62. The highest BCUT2D eigenvalue weighted by Gasteiger charge is 2.65. The number of carbonyl (C=O) groups is 2. The molecule has 0 aromatic carbocycles. The first-order valence-corrected chi connectivity index (χ1v) is 13.0. The number of hydrogen-bond acceptors (Lipinski definition) is 5. The third-order valence-electron chi connectivity index (χ3n) is 10.8. The largest absolute Gasteiger partial charge is 0.480 e. The van der Waals surface area contributed by atoms with E-state index >= 15 is 0 Å². The summed E-state index contributed by atoms with van der Waals surface area (Å²) < 4.78 is 0. The van der Waals surface area contributed by atoms with E-state index in [1.54, 1.807) is 0 Å². The fraction of sp³-hybridized carbons (Fsp3) is 0.923. The van der Waals surface area contributed by atoms with E-state index in [1.165, 1.54) is 0 Å². The van der Waals surface area contributed by atoms with Crippen LogP contribution in [0.5, 0.6) is 0 Å². The monoisotopic (exact) mass is 465 g/mol. The number of aliphatic hydroxyl groups is 3. The molecular weight excluding hydrogens is 422 g/mol. The molecule has 0 heterocycles. The van der Waals surface area contributed by atoms with Crippen molar-refractivity contribution in [3.63, 3.8) is 0 Å². The zero-order chi connectivity index (χ0) is 24.1. The molecule has 4 rings (SSSR count). The Morgan fingerprint density at radius 3 is 2.45 bits per heavy atom. The first-order chi connectivity index (χ1) is 15.5. The Balaban J connectivity index is 1.49. The normalized spacial score (nSPS) is 47.7. The fourth-order valence-electron chi connectivity index (χ4n) is 8.95. The SMILES string of the molecule is C[C@H](CCC(=O)NCC(=O)O)[C@@H]1CC[C@H]2[C@@H]3[C@H](O)C[C@H]4C[C@@H](O)CC[C@]4(C)[C@H]3C[C@@H](O)[C@@]21C. The highest BCUT2D eigenvalue weighted by Crippen LogP contribution is 2.68. The summed E-state index contributed by atoms with van der Waals surface area (Å²) in [4.78, 5) is 22.7. The number of carboxylic acid groups (broad SMARTS) is 1. The van der Waals surface area contributed by atoms with Gasteiger partial charge < -0.3 is 25.7 Å². The van der Waals surface area contributed by atoms with Gasteiger partial charge in [-0.05, 0) is 97.7 Å². The van der Waals surface area contributed by atoms with Gasteiger partial charge in [0.05, 0.1) is 18.3 Å². The fourth-order valence-corrected chi connectivity index (χ4v) is 8.95. The van der Waals surface area contributed by atoms with Gasteiger partial charge in [0.15, 0.2) is 0 Å². The second-order valence-electron chi connectivity index (χ2n) is 12.2. The highest BCUT2D eigenvalue weighted by atomic mass is 16.4. The third kappa shape index (κ3) is 4.23. The first kappa shape index (κ1) is 24.9. The molecule has 33 heavy (non-hydrogen) atoms. The molecule has 0 aliphatic heterocycles. The molecule has 11 atom stereocenters. The molecule has 1 amide bonds. The van der Waals surface area contributed by atoms with Crippen LogP contribution in [0, 0.1) is 46.3 Å². The van der Waals surface area contributed by atoms with E-state index in [1.807, 2.05) is 0 Å². The van der Waals surface area contributed by atoms with Gasteiger partial charge >= 0.3 is 5.97 Å². The minimum atomic E-state index is -1.04. The Labute approximate surface area is 197 Å². The lowest BCUT2D eigenvalue weighted by molar-refractivity contribution is -0.207.